The fraction of sp³-hybridized carbons (Fsp3) is 0.538. The van der Waals surface area contributed by atoms with Crippen LogP contribution in [0.2, 0.25) is 0 Å². The van der Waals surface area contributed by atoms with Gasteiger partial charge in [0.1, 0.15) is 5.56 Å². The van der Waals surface area contributed by atoms with Gasteiger partial charge in [-0.2, -0.15) is 13.2 Å². The Kier molecular flexibility index (Phi) is 4.15. The van der Waals surface area contributed by atoms with Crippen LogP contribution in [0.5, 0.6) is 0 Å². The molecule has 1 aliphatic rings. The van der Waals surface area contributed by atoms with Crippen molar-refractivity contribution in [2.75, 3.05) is 6.61 Å². The molecule has 1 fully saturated rings. The predicted octanol–water partition coefficient (Wildman–Crippen LogP) is 2.45. The summed E-state index contributed by atoms with van der Waals surface area (Å²) in [5.41, 5.74) is -1.88. The molecule has 1 aromatic heterocycles. The van der Waals surface area contributed by atoms with E-state index in [9.17, 15) is 22.8 Å². The summed E-state index contributed by atoms with van der Waals surface area (Å²) in [5.74, 6) is -0.139. The Bertz CT molecular complexity index is 538. The first kappa shape index (κ1) is 14.6. The fourth-order valence-corrected chi connectivity index (χ4v) is 2.76. The zero-order chi connectivity index (χ0) is 14.8. The number of carbonyl (C=O) groups is 1. The van der Waals surface area contributed by atoms with Gasteiger partial charge in [-0.05, 0) is 30.4 Å². The van der Waals surface area contributed by atoms with Crippen LogP contribution in [-0.4, -0.2) is 18.1 Å². The summed E-state index contributed by atoms with van der Waals surface area (Å²) >= 11 is 0. The Morgan fingerprint density at radius 1 is 1.40 bits per heavy atom. The normalized spacial score (nSPS) is 22.8. The van der Waals surface area contributed by atoms with E-state index in [1.807, 2.05) is 0 Å². The van der Waals surface area contributed by atoms with Crippen molar-refractivity contribution in [2.45, 2.75) is 31.4 Å². The molecular formula is C13H14F3NO3. The van der Waals surface area contributed by atoms with Gasteiger partial charge in [0.2, 0.25) is 0 Å². The van der Waals surface area contributed by atoms with Crippen LogP contribution in [0.3, 0.4) is 0 Å². The van der Waals surface area contributed by atoms with Crippen molar-refractivity contribution in [1.82, 2.24) is 4.98 Å². The number of pyridine rings is 1. The van der Waals surface area contributed by atoms with E-state index >= 15 is 0 Å². The van der Waals surface area contributed by atoms with Gasteiger partial charge < -0.3 is 9.72 Å². The molecule has 0 bridgehead atoms. The summed E-state index contributed by atoms with van der Waals surface area (Å²) in [6.07, 6.45) is -0.980. The number of nitrogens with one attached hydrogen (secondary N) is 1. The van der Waals surface area contributed by atoms with Crippen molar-refractivity contribution in [3.63, 3.8) is 0 Å². The average molecular weight is 289 g/mol. The molecular weight excluding hydrogens is 275 g/mol. The standard InChI is InChI=1S/C13H14F3NO3/c14-13(15,16)11-4-9(5-17-12(11)19)10-3-1-2-8(10)6-20-7-18/h4-5,7-8,10H,1-3,6H2,(H,17,19). The van der Waals surface area contributed by atoms with E-state index in [1.54, 1.807) is 0 Å². The van der Waals surface area contributed by atoms with Crippen LogP contribution in [-0.2, 0) is 15.7 Å². The van der Waals surface area contributed by atoms with E-state index in [1.165, 1.54) is 6.20 Å². The summed E-state index contributed by atoms with van der Waals surface area (Å²) in [7, 11) is 0. The van der Waals surface area contributed by atoms with Crippen molar-refractivity contribution < 1.29 is 22.7 Å². The summed E-state index contributed by atoms with van der Waals surface area (Å²) in [6.45, 7) is 0.526. The molecule has 1 aromatic rings. The quantitative estimate of drug-likeness (QED) is 0.866. The minimum absolute atomic E-state index is 0.00724. The maximum Gasteiger partial charge on any atom is 0.421 e. The van der Waals surface area contributed by atoms with E-state index in [2.05, 4.69) is 4.98 Å². The molecule has 0 amide bonds. The molecule has 1 N–H and O–H groups in total. The molecule has 4 nitrogen and oxygen atoms in total. The number of aromatic amines is 1. The molecule has 20 heavy (non-hydrogen) atoms. The number of alkyl halides is 3. The van der Waals surface area contributed by atoms with Gasteiger partial charge in [0.25, 0.3) is 12.0 Å². The number of rotatable bonds is 4. The predicted molar refractivity (Wildman–Crippen MR) is 64.2 cm³/mol. The highest BCUT2D eigenvalue weighted by Gasteiger charge is 2.36. The highest BCUT2D eigenvalue weighted by molar-refractivity contribution is 5.37. The van der Waals surface area contributed by atoms with Crippen molar-refractivity contribution >= 4 is 6.47 Å². The number of halogens is 3. The van der Waals surface area contributed by atoms with Crippen molar-refractivity contribution in [3.8, 4) is 0 Å². The van der Waals surface area contributed by atoms with Crippen molar-refractivity contribution in [1.29, 1.82) is 0 Å². The van der Waals surface area contributed by atoms with Crippen LogP contribution in [0.15, 0.2) is 17.1 Å². The Labute approximate surface area is 112 Å². The number of aromatic nitrogens is 1. The molecule has 1 saturated carbocycles. The lowest BCUT2D eigenvalue weighted by atomic mass is 9.90. The smallest absolute Gasteiger partial charge is 0.421 e. The highest BCUT2D eigenvalue weighted by atomic mass is 19.4. The number of hydrogen-bond donors (Lipinski definition) is 1. The molecule has 1 aliphatic carbocycles. The summed E-state index contributed by atoms with van der Waals surface area (Å²) < 4.78 is 42.9. The van der Waals surface area contributed by atoms with E-state index < -0.39 is 17.3 Å². The van der Waals surface area contributed by atoms with Gasteiger partial charge >= 0.3 is 6.18 Å². The zero-order valence-corrected chi connectivity index (χ0v) is 10.6. The van der Waals surface area contributed by atoms with Crippen LogP contribution in [0.4, 0.5) is 13.2 Å². The van der Waals surface area contributed by atoms with Gasteiger partial charge in [-0.3, -0.25) is 9.59 Å². The second-order valence-electron chi connectivity index (χ2n) is 4.90. The summed E-state index contributed by atoms with van der Waals surface area (Å²) in [5, 5.41) is 0. The van der Waals surface area contributed by atoms with Crippen LogP contribution < -0.4 is 5.56 Å². The van der Waals surface area contributed by atoms with Crippen LogP contribution in [0, 0.1) is 5.92 Å². The monoisotopic (exact) mass is 289 g/mol. The second kappa shape index (κ2) is 5.68. The maximum atomic E-state index is 12.7. The zero-order valence-electron chi connectivity index (χ0n) is 10.6. The molecule has 2 atom stereocenters. The van der Waals surface area contributed by atoms with Gasteiger partial charge in [-0.15, -0.1) is 0 Å². The van der Waals surface area contributed by atoms with Gasteiger partial charge in [-0.25, -0.2) is 0 Å². The van der Waals surface area contributed by atoms with Crippen molar-refractivity contribution in [2.24, 2.45) is 5.92 Å². The molecule has 0 aromatic carbocycles. The first-order valence-electron chi connectivity index (χ1n) is 6.28. The van der Waals surface area contributed by atoms with E-state index in [0.29, 0.717) is 12.0 Å². The number of H-pyrrole nitrogens is 1. The number of hydrogen-bond acceptors (Lipinski definition) is 3. The van der Waals surface area contributed by atoms with Crippen molar-refractivity contribution in [3.05, 3.63) is 33.7 Å². The summed E-state index contributed by atoms with van der Waals surface area (Å²) in [4.78, 5) is 23.6. The molecule has 1 heterocycles. The van der Waals surface area contributed by atoms with E-state index in [0.717, 1.165) is 25.3 Å². The van der Waals surface area contributed by atoms with Crippen LogP contribution >= 0.6 is 0 Å². The largest absolute Gasteiger partial charge is 0.468 e. The third-order valence-corrected chi connectivity index (χ3v) is 3.70. The minimum atomic E-state index is -4.67. The molecule has 7 heteroatoms. The number of carbonyl (C=O) groups excluding carboxylic acids is 1. The van der Waals surface area contributed by atoms with Gasteiger partial charge in [-0.1, -0.05) is 6.42 Å². The van der Waals surface area contributed by atoms with E-state index in [4.69, 9.17) is 4.74 Å². The first-order valence-corrected chi connectivity index (χ1v) is 6.28. The minimum Gasteiger partial charge on any atom is -0.468 e. The van der Waals surface area contributed by atoms with Crippen LogP contribution in [0.1, 0.15) is 36.3 Å². The SMILES string of the molecule is O=COCC1CCCC1c1c[nH]c(=O)c(C(F)(F)F)c1. The lowest BCUT2D eigenvalue weighted by Gasteiger charge is -2.19. The fourth-order valence-electron chi connectivity index (χ4n) is 2.76. The second-order valence-corrected chi connectivity index (χ2v) is 4.90. The summed E-state index contributed by atoms with van der Waals surface area (Å²) in [6, 6.07) is 0.905. The molecule has 0 aliphatic heterocycles. The van der Waals surface area contributed by atoms with Crippen LogP contribution in [0.25, 0.3) is 0 Å². The van der Waals surface area contributed by atoms with Gasteiger partial charge in [0, 0.05) is 12.1 Å². The Morgan fingerprint density at radius 3 is 2.80 bits per heavy atom. The molecule has 2 unspecified atom stereocenters. The third-order valence-electron chi connectivity index (χ3n) is 3.70. The number of ether oxygens (including phenoxy) is 1. The molecule has 2 rings (SSSR count). The average Bonchev–Trinajstić information content (AvgIpc) is 2.84. The first-order chi connectivity index (χ1) is 9.43. The Morgan fingerprint density at radius 2 is 2.15 bits per heavy atom. The highest BCUT2D eigenvalue weighted by Crippen LogP contribution is 2.40. The lowest BCUT2D eigenvalue weighted by molar-refractivity contribution is -0.138. The molecule has 0 radical (unpaired) electrons. The Hall–Kier alpha value is -1.79. The lowest BCUT2D eigenvalue weighted by Crippen LogP contribution is -2.23. The molecule has 0 saturated heterocycles. The van der Waals surface area contributed by atoms with Gasteiger partial charge in [0.05, 0.1) is 6.61 Å². The third kappa shape index (κ3) is 3.02. The Balaban J connectivity index is 2.28. The maximum absolute atomic E-state index is 12.7. The molecule has 0 spiro atoms. The van der Waals surface area contributed by atoms with Gasteiger partial charge in [0.15, 0.2) is 0 Å². The topological polar surface area (TPSA) is 59.2 Å². The van der Waals surface area contributed by atoms with E-state index in [-0.39, 0.29) is 18.4 Å². The molecule has 110 valence electrons.